The lowest BCUT2D eigenvalue weighted by Gasteiger charge is -2.13. The van der Waals surface area contributed by atoms with Gasteiger partial charge in [0.1, 0.15) is 6.61 Å². The lowest BCUT2D eigenvalue weighted by molar-refractivity contribution is 0.297. The lowest BCUT2D eigenvalue weighted by atomic mass is 10.2. The van der Waals surface area contributed by atoms with E-state index in [1.165, 1.54) is 11.3 Å². The highest BCUT2D eigenvalue weighted by Crippen LogP contribution is 2.34. The maximum atomic E-state index is 12.9. The molecule has 0 aliphatic rings. The molecule has 5 nitrogen and oxygen atoms in total. The molecule has 0 bridgehead atoms. The molecule has 0 fully saturated rings. The zero-order chi connectivity index (χ0) is 19.7. The van der Waals surface area contributed by atoms with Crippen molar-refractivity contribution in [3.05, 3.63) is 60.4 Å². The van der Waals surface area contributed by atoms with E-state index in [1.54, 1.807) is 4.40 Å². The van der Waals surface area contributed by atoms with Gasteiger partial charge in [0.2, 0.25) is 0 Å². The molecule has 0 unspecified atom stereocenters. The Hall–Kier alpha value is -2.57. The SMILES string of the molecule is C#CCOc1c(I)cc(C=c2sc3nc4ccccc4n3c2=O)cc1OCC. The van der Waals surface area contributed by atoms with Crippen LogP contribution in [-0.4, -0.2) is 22.6 Å². The summed E-state index contributed by atoms with van der Waals surface area (Å²) >= 11 is 3.55. The van der Waals surface area contributed by atoms with E-state index in [4.69, 9.17) is 15.9 Å². The number of ether oxygens (including phenoxy) is 2. The Morgan fingerprint density at radius 3 is 2.93 bits per heavy atom. The second kappa shape index (κ2) is 7.81. The maximum absolute atomic E-state index is 12.9. The van der Waals surface area contributed by atoms with Crippen LogP contribution in [0.4, 0.5) is 0 Å². The molecule has 0 amide bonds. The van der Waals surface area contributed by atoms with Crippen molar-refractivity contribution >= 4 is 56.0 Å². The number of terminal acetylenes is 1. The van der Waals surface area contributed by atoms with Crippen LogP contribution in [0.2, 0.25) is 0 Å². The number of hydrogen-bond donors (Lipinski definition) is 0. The average molecular weight is 502 g/mol. The third kappa shape index (κ3) is 3.34. The van der Waals surface area contributed by atoms with Crippen LogP contribution in [-0.2, 0) is 0 Å². The van der Waals surface area contributed by atoms with E-state index in [-0.39, 0.29) is 12.2 Å². The van der Waals surface area contributed by atoms with Crippen molar-refractivity contribution < 1.29 is 9.47 Å². The number of benzene rings is 2. The van der Waals surface area contributed by atoms with Gasteiger partial charge in [0.25, 0.3) is 5.56 Å². The molecule has 0 aliphatic carbocycles. The van der Waals surface area contributed by atoms with Gasteiger partial charge in [0.15, 0.2) is 16.5 Å². The standard InChI is InChI=1S/C21H15IN2O3S/c1-3-9-27-19-14(22)10-13(11-17(19)26-4-2)12-18-20(25)24-16-8-6-5-7-15(16)23-21(24)28-18/h1,5-8,10-12H,4,9H2,2H3. The molecule has 7 heteroatoms. The summed E-state index contributed by atoms with van der Waals surface area (Å²) in [5.74, 6) is 3.69. The van der Waals surface area contributed by atoms with Crippen LogP contribution in [0.3, 0.4) is 0 Å². The molecule has 0 saturated carbocycles. The Morgan fingerprint density at radius 1 is 1.32 bits per heavy atom. The Kier molecular flexibility index (Phi) is 5.24. The number of thiazole rings is 1. The topological polar surface area (TPSA) is 52.8 Å². The Morgan fingerprint density at radius 2 is 2.14 bits per heavy atom. The number of para-hydroxylation sites is 2. The lowest BCUT2D eigenvalue weighted by Crippen LogP contribution is -2.22. The van der Waals surface area contributed by atoms with Gasteiger partial charge in [-0.25, -0.2) is 9.38 Å². The van der Waals surface area contributed by atoms with E-state index in [9.17, 15) is 4.79 Å². The molecule has 2 aromatic heterocycles. The molecular weight excluding hydrogens is 487 g/mol. The Balaban J connectivity index is 1.85. The van der Waals surface area contributed by atoms with E-state index in [0.717, 1.165) is 20.2 Å². The van der Waals surface area contributed by atoms with Crippen LogP contribution >= 0.6 is 33.9 Å². The number of fused-ring (bicyclic) bond motifs is 3. The molecule has 0 saturated heterocycles. The summed E-state index contributed by atoms with van der Waals surface area (Å²) in [6, 6.07) is 11.4. The first-order valence-electron chi connectivity index (χ1n) is 8.56. The summed E-state index contributed by atoms with van der Waals surface area (Å²) < 4.78 is 14.5. The summed E-state index contributed by atoms with van der Waals surface area (Å²) in [6.45, 7) is 2.57. The minimum Gasteiger partial charge on any atom is -0.490 e. The van der Waals surface area contributed by atoms with Gasteiger partial charge in [0.05, 0.1) is 25.7 Å². The van der Waals surface area contributed by atoms with Crippen molar-refractivity contribution in [2.24, 2.45) is 0 Å². The van der Waals surface area contributed by atoms with Crippen molar-refractivity contribution in [1.82, 2.24) is 9.38 Å². The second-order valence-electron chi connectivity index (χ2n) is 5.89. The van der Waals surface area contributed by atoms with Gasteiger partial charge >= 0.3 is 0 Å². The molecule has 28 heavy (non-hydrogen) atoms. The fourth-order valence-electron chi connectivity index (χ4n) is 2.95. The zero-order valence-corrected chi connectivity index (χ0v) is 17.9. The summed E-state index contributed by atoms with van der Waals surface area (Å²) in [5, 5.41) is 0. The molecule has 0 aliphatic heterocycles. The monoisotopic (exact) mass is 502 g/mol. The minimum atomic E-state index is -0.0747. The van der Waals surface area contributed by atoms with Gasteiger partial charge < -0.3 is 9.47 Å². The van der Waals surface area contributed by atoms with Crippen LogP contribution in [0.25, 0.3) is 22.1 Å². The highest BCUT2D eigenvalue weighted by molar-refractivity contribution is 14.1. The van der Waals surface area contributed by atoms with Gasteiger partial charge in [0, 0.05) is 0 Å². The molecule has 4 aromatic rings. The molecule has 4 rings (SSSR count). The number of halogens is 1. The van der Waals surface area contributed by atoms with Crippen molar-refractivity contribution in [2.45, 2.75) is 6.92 Å². The number of imidazole rings is 1. The first-order valence-corrected chi connectivity index (χ1v) is 10.5. The number of hydrogen-bond acceptors (Lipinski definition) is 5. The van der Waals surface area contributed by atoms with Crippen molar-refractivity contribution in [2.75, 3.05) is 13.2 Å². The predicted molar refractivity (Wildman–Crippen MR) is 120 cm³/mol. The summed E-state index contributed by atoms with van der Waals surface area (Å²) in [7, 11) is 0. The largest absolute Gasteiger partial charge is 0.490 e. The summed E-state index contributed by atoms with van der Waals surface area (Å²) in [5.41, 5.74) is 2.42. The van der Waals surface area contributed by atoms with Gasteiger partial charge in [-0.1, -0.05) is 29.4 Å². The predicted octanol–water partition coefficient (Wildman–Crippen LogP) is 3.47. The third-order valence-electron chi connectivity index (χ3n) is 4.07. The van der Waals surface area contributed by atoms with E-state index in [2.05, 4.69) is 33.5 Å². The molecule has 0 spiro atoms. The minimum absolute atomic E-state index is 0.0747. The smallest absolute Gasteiger partial charge is 0.274 e. The van der Waals surface area contributed by atoms with Crippen molar-refractivity contribution in [1.29, 1.82) is 0 Å². The molecule has 2 aromatic carbocycles. The van der Waals surface area contributed by atoms with Crippen molar-refractivity contribution in [3.8, 4) is 23.8 Å². The average Bonchev–Trinajstić information content (AvgIpc) is 3.18. The second-order valence-corrected chi connectivity index (χ2v) is 8.06. The maximum Gasteiger partial charge on any atom is 0.274 e. The normalized spacial score (nSPS) is 11.8. The third-order valence-corrected chi connectivity index (χ3v) is 5.84. The first-order chi connectivity index (χ1) is 13.6. The fourth-order valence-corrected chi connectivity index (χ4v) is 4.72. The van der Waals surface area contributed by atoms with Gasteiger partial charge in [-0.3, -0.25) is 4.79 Å². The van der Waals surface area contributed by atoms with Crippen molar-refractivity contribution in [3.63, 3.8) is 0 Å². The summed E-state index contributed by atoms with van der Waals surface area (Å²) in [6.07, 6.45) is 7.15. The van der Waals surface area contributed by atoms with E-state index in [0.29, 0.717) is 27.6 Å². The van der Waals surface area contributed by atoms with Crippen LogP contribution in [0, 0.1) is 15.9 Å². The van der Waals surface area contributed by atoms with Gasteiger partial charge in [-0.15, -0.1) is 6.42 Å². The number of nitrogens with zero attached hydrogens (tertiary/aromatic N) is 2. The number of rotatable bonds is 5. The first kappa shape index (κ1) is 18.8. The molecule has 0 radical (unpaired) electrons. The van der Waals surface area contributed by atoms with Crippen LogP contribution in [0.5, 0.6) is 11.5 Å². The number of aromatic nitrogens is 2. The molecular formula is C21H15IN2O3S. The van der Waals surface area contributed by atoms with Crippen LogP contribution < -0.4 is 19.6 Å². The molecule has 0 atom stereocenters. The van der Waals surface area contributed by atoms with Gasteiger partial charge in [-0.2, -0.15) is 0 Å². The fraction of sp³-hybridized carbons (Fsp3) is 0.143. The van der Waals surface area contributed by atoms with E-state index in [1.807, 2.05) is 49.4 Å². The van der Waals surface area contributed by atoms with E-state index >= 15 is 0 Å². The molecule has 140 valence electrons. The Bertz CT molecular complexity index is 1330. The van der Waals surface area contributed by atoms with Crippen LogP contribution in [0.1, 0.15) is 12.5 Å². The van der Waals surface area contributed by atoms with E-state index < -0.39 is 0 Å². The Labute approximate surface area is 178 Å². The summed E-state index contributed by atoms with van der Waals surface area (Å²) in [4.78, 5) is 18.2. The zero-order valence-electron chi connectivity index (χ0n) is 14.9. The van der Waals surface area contributed by atoms with Gasteiger partial charge in [-0.05, 0) is 65.4 Å². The molecule has 2 heterocycles. The molecule has 0 N–H and O–H groups in total. The quantitative estimate of drug-likeness (QED) is 0.310. The van der Waals surface area contributed by atoms with Crippen LogP contribution in [0.15, 0.2) is 41.2 Å². The highest BCUT2D eigenvalue weighted by atomic mass is 127. The highest BCUT2D eigenvalue weighted by Gasteiger charge is 2.13.